The molecule has 21 heavy (non-hydrogen) atoms. The smallest absolute Gasteiger partial charge is 0.0398 e. The van der Waals surface area contributed by atoms with E-state index >= 15 is 0 Å². The van der Waals surface area contributed by atoms with Crippen LogP contribution in [0.5, 0.6) is 0 Å². The maximum atomic E-state index is 3.52. The Morgan fingerprint density at radius 1 is 1.00 bits per heavy atom. The minimum absolute atomic E-state index is 0.538. The zero-order valence-corrected chi connectivity index (χ0v) is 15.0. The Morgan fingerprint density at radius 3 is 2.14 bits per heavy atom. The highest BCUT2D eigenvalue weighted by atomic mass is 15.2. The molecule has 0 aliphatic rings. The Morgan fingerprint density at radius 2 is 1.67 bits per heavy atom. The molecule has 1 N–H and O–H groups in total. The van der Waals surface area contributed by atoms with Crippen LogP contribution in [-0.2, 0) is 6.54 Å². The fourth-order valence-electron chi connectivity index (χ4n) is 2.64. The number of hydrogen-bond donors (Lipinski definition) is 1. The summed E-state index contributed by atoms with van der Waals surface area (Å²) in [4.78, 5) is 2.52. The van der Waals surface area contributed by atoms with Crippen molar-refractivity contribution in [1.82, 2.24) is 5.32 Å². The van der Waals surface area contributed by atoms with Crippen molar-refractivity contribution in [2.24, 2.45) is 11.8 Å². The molecule has 0 radical (unpaired) electrons. The molecule has 0 spiro atoms. The van der Waals surface area contributed by atoms with Gasteiger partial charge in [-0.3, -0.25) is 0 Å². The normalized spacial score (nSPS) is 11.7. The Bertz CT molecular complexity index is 422. The zero-order chi connectivity index (χ0) is 16.0. The Hall–Kier alpha value is -1.02. The lowest BCUT2D eigenvalue weighted by molar-refractivity contribution is 0.552. The molecule has 120 valence electrons. The Kier molecular flexibility index (Phi) is 7.24. The van der Waals surface area contributed by atoms with Crippen molar-refractivity contribution in [3.8, 4) is 0 Å². The molecule has 0 saturated heterocycles. The molecule has 0 aliphatic carbocycles. The van der Waals surface area contributed by atoms with Gasteiger partial charge in [-0.15, -0.1) is 0 Å². The van der Waals surface area contributed by atoms with E-state index in [1.165, 1.54) is 16.8 Å². The summed E-state index contributed by atoms with van der Waals surface area (Å²) in [6.07, 6.45) is 0. The minimum atomic E-state index is 0.538. The number of hydrogen-bond acceptors (Lipinski definition) is 2. The molecule has 2 heteroatoms. The summed E-state index contributed by atoms with van der Waals surface area (Å²) in [5, 5.41) is 3.52. The number of nitrogens with one attached hydrogen (secondary N) is 1. The summed E-state index contributed by atoms with van der Waals surface area (Å²) >= 11 is 0. The van der Waals surface area contributed by atoms with Gasteiger partial charge in [0.25, 0.3) is 0 Å². The fourth-order valence-corrected chi connectivity index (χ4v) is 2.64. The quantitative estimate of drug-likeness (QED) is 0.752. The molecule has 0 aromatic heterocycles. The number of rotatable bonds is 8. The summed E-state index contributed by atoms with van der Waals surface area (Å²) in [6.45, 7) is 19.0. The van der Waals surface area contributed by atoms with Crippen molar-refractivity contribution in [1.29, 1.82) is 0 Å². The highest BCUT2D eigenvalue weighted by Gasteiger charge is 2.14. The first-order valence-electron chi connectivity index (χ1n) is 8.38. The van der Waals surface area contributed by atoms with Crippen molar-refractivity contribution in [2.75, 3.05) is 18.0 Å². The molecule has 1 aromatic carbocycles. The molecule has 2 nitrogen and oxygen atoms in total. The van der Waals surface area contributed by atoms with Crippen molar-refractivity contribution >= 4 is 5.69 Å². The minimum Gasteiger partial charge on any atom is -0.369 e. The molecule has 0 bridgehead atoms. The first-order chi connectivity index (χ1) is 9.81. The van der Waals surface area contributed by atoms with Crippen LogP contribution in [-0.4, -0.2) is 19.1 Å². The lowest BCUT2D eigenvalue weighted by Crippen LogP contribution is -2.34. The van der Waals surface area contributed by atoms with Crippen LogP contribution in [0.15, 0.2) is 18.2 Å². The van der Waals surface area contributed by atoms with Gasteiger partial charge in [0.05, 0.1) is 0 Å². The predicted molar refractivity (Wildman–Crippen MR) is 95.0 cm³/mol. The SMILES string of the molecule is Cc1cc(CNCC(C)C)ccc1N(CC(C)C)C(C)C. The van der Waals surface area contributed by atoms with E-state index in [1.54, 1.807) is 0 Å². The van der Waals surface area contributed by atoms with Gasteiger partial charge in [-0.2, -0.15) is 0 Å². The molecule has 1 rings (SSSR count). The van der Waals surface area contributed by atoms with Gasteiger partial charge >= 0.3 is 0 Å². The second-order valence-corrected chi connectivity index (χ2v) is 7.29. The summed E-state index contributed by atoms with van der Waals surface area (Å²) in [5.74, 6) is 1.38. The van der Waals surface area contributed by atoms with Gasteiger partial charge in [-0.1, -0.05) is 39.8 Å². The molecule has 0 fully saturated rings. The van der Waals surface area contributed by atoms with E-state index in [1.807, 2.05) is 0 Å². The van der Waals surface area contributed by atoms with E-state index < -0.39 is 0 Å². The van der Waals surface area contributed by atoms with Gasteiger partial charge < -0.3 is 10.2 Å². The van der Waals surface area contributed by atoms with Crippen LogP contribution in [0.1, 0.15) is 52.7 Å². The third kappa shape index (κ3) is 6.09. The summed E-state index contributed by atoms with van der Waals surface area (Å²) < 4.78 is 0. The standard InChI is InChI=1S/C19H34N2/c1-14(2)11-20-12-18-8-9-19(17(7)10-18)21(16(5)6)13-15(3)4/h8-10,14-16,20H,11-13H2,1-7H3. The topological polar surface area (TPSA) is 15.3 Å². The summed E-state index contributed by atoms with van der Waals surface area (Å²) in [7, 11) is 0. The Labute approximate surface area is 131 Å². The third-order valence-electron chi connectivity index (χ3n) is 3.64. The largest absolute Gasteiger partial charge is 0.369 e. The van der Waals surface area contributed by atoms with Crippen LogP contribution in [0.4, 0.5) is 5.69 Å². The maximum absolute atomic E-state index is 3.52. The lowest BCUT2D eigenvalue weighted by atomic mass is 10.1. The number of nitrogens with zero attached hydrogens (tertiary/aromatic N) is 1. The van der Waals surface area contributed by atoms with Crippen LogP contribution >= 0.6 is 0 Å². The second kappa shape index (κ2) is 8.43. The lowest BCUT2D eigenvalue weighted by Gasteiger charge is -2.32. The molecular formula is C19H34N2. The van der Waals surface area contributed by atoms with E-state index in [9.17, 15) is 0 Å². The van der Waals surface area contributed by atoms with E-state index in [2.05, 4.69) is 76.9 Å². The Balaban J connectivity index is 2.80. The number of anilines is 1. The molecule has 0 saturated carbocycles. The van der Waals surface area contributed by atoms with Crippen molar-refractivity contribution in [2.45, 2.75) is 61.1 Å². The average molecular weight is 290 g/mol. The third-order valence-corrected chi connectivity index (χ3v) is 3.64. The molecule has 0 aliphatic heterocycles. The van der Waals surface area contributed by atoms with Gasteiger partial charge in [-0.05, 0) is 56.3 Å². The molecule has 0 unspecified atom stereocenters. The van der Waals surface area contributed by atoms with Gasteiger partial charge in [0, 0.05) is 24.8 Å². The predicted octanol–water partition coefficient (Wildman–Crippen LogP) is 4.61. The van der Waals surface area contributed by atoms with Crippen molar-refractivity contribution in [3.05, 3.63) is 29.3 Å². The average Bonchev–Trinajstić information content (AvgIpc) is 2.35. The van der Waals surface area contributed by atoms with Crippen LogP contribution < -0.4 is 10.2 Å². The van der Waals surface area contributed by atoms with Crippen LogP contribution in [0.2, 0.25) is 0 Å². The van der Waals surface area contributed by atoms with Gasteiger partial charge in [-0.25, -0.2) is 0 Å². The monoisotopic (exact) mass is 290 g/mol. The second-order valence-electron chi connectivity index (χ2n) is 7.29. The van der Waals surface area contributed by atoms with E-state index in [-0.39, 0.29) is 0 Å². The molecule has 0 amide bonds. The molecule has 1 aromatic rings. The van der Waals surface area contributed by atoms with Crippen LogP contribution in [0, 0.1) is 18.8 Å². The van der Waals surface area contributed by atoms with Gasteiger partial charge in [0.15, 0.2) is 0 Å². The zero-order valence-electron chi connectivity index (χ0n) is 15.0. The fraction of sp³-hybridized carbons (Fsp3) is 0.684. The van der Waals surface area contributed by atoms with Crippen molar-refractivity contribution in [3.63, 3.8) is 0 Å². The van der Waals surface area contributed by atoms with Gasteiger partial charge in [0.1, 0.15) is 0 Å². The highest BCUT2D eigenvalue weighted by molar-refractivity contribution is 5.55. The highest BCUT2D eigenvalue weighted by Crippen LogP contribution is 2.24. The first kappa shape index (κ1) is 18.0. The van der Waals surface area contributed by atoms with E-state index in [0.717, 1.165) is 19.6 Å². The maximum Gasteiger partial charge on any atom is 0.0398 e. The molecule has 0 atom stereocenters. The van der Waals surface area contributed by atoms with Crippen molar-refractivity contribution < 1.29 is 0 Å². The first-order valence-corrected chi connectivity index (χ1v) is 8.38. The summed E-state index contributed by atoms with van der Waals surface area (Å²) in [6, 6.07) is 7.43. The summed E-state index contributed by atoms with van der Waals surface area (Å²) in [5.41, 5.74) is 4.14. The number of benzene rings is 1. The van der Waals surface area contributed by atoms with Crippen LogP contribution in [0.25, 0.3) is 0 Å². The van der Waals surface area contributed by atoms with E-state index in [4.69, 9.17) is 0 Å². The van der Waals surface area contributed by atoms with E-state index in [0.29, 0.717) is 17.9 Å². The molecule has 0 heterocycles. The molecular weight excluding hydrogens is 256 g/mol. The van der Waals surface area contributed by atoms with Gasteiger partial charge in [0.2, 0.25) is 0 Å². The number of aryl methyl sites for hydroxylation is 1. The van der Waals surface area contributed by atoms with Crippen LogP contribution in [0.3, 0.4) is 0 Å².